The molecular formula is C48H93NO3. The van der Waals surface area contributed by atoms with Gasteiger partial charge in [0.05, 0.1) is 22.4 Å². The number of hydrogen-bond donors (Lipinski definition) is 1. The molecule has 0 aromatic rings. The molecule has 2 rings (SSSR count). The Labute approximate surface area is 326 Å². The summed E-state index contributed by atoms with van der Waals surface area (Å²) in [5.41, 5.74) is 5.44. The molecule has 2 heterocycles. The van der Waals surface area contributed by atoms with Gasteiger partial charge in [0.2, 0.25) is 0 Å². The summed E-state index contributed by atoms with van der Waals surface area (Å²) in [5, 5.41) is 0. The van der Waals surface area contributed by atoms with E-state index in [1.54, 1.807) is 6.92 Å². The first-order valence-corrected chi connectivity index (χ1v) is 22.5. The molecule has 2 aliphatic rings. The van der Waals surface area contributed by atoms with E-state index in [1.807, 2.05) is 0 Å². The molecule has 0 saturated carbocycles. The van der Waals surface area contributed by atoms with Crippen LogP contribution in [0.5, 0.6) is 0 Å². The summed E-state index contributed by atoms with van der Waals surface area (Å²) in [6.07, 6.45) is 16.4. The molecule has 52 heavy (non-hydrogen) atoms. The van der Waals surface area contributed by atoms with Gasteiger partial charge in [0.1, 0.15) is 5.78 Å². The fourth-order valence-corrected chi connectivity index (χ4v) is 10.7. The molecule has 0 radical (unpaired) electrons. The van der Waals surface area contributed by atoms with Gasteiger partial charge < -0.3 is 20.0 Å². The van der Waals surface area contributed by atoms with Gasteiger partial charge in [-0.05, 0) is 171 Å². The van der Waals surface area contributed by atoms with Crippen LogP contribution in [0.2, 0.25) is 0 Å². The Morgan fingerprint density at radius 3 is 1.58 bits per heavy atom. The van der Waals surface area contributed by atoms with Crippen LogP contribution in [0, 0.1) is 65.1 Å². The van der Waals surface area contributed by atoms with E-state index in [0.717, 1.165) is 86.4 Å². The van der Waals surface area contributed by atoms with E-state index >= 15 is 0 Å². The van der Waals surface area contributed by atoms with Crippen LogP contribution in [0.4, 0.5) is 0 Å². The van der Waals surface area contributed by atoms with Crippen molar-refractivity contribution in [2.45, 2.75) is 236 Å². The Kier molecular flexibility index (Phi) is 18.5. The van der Waals surface area contributed by atoms with Gasteiger partial charge in [-0.1, -0.05) is 95.4 Å². The second kappa shape index (κ2) is 20.1. The Morgan fingerprint density at radius 1 is 0.558 bits per heavy atom. The molecule has 2 aliphatic heterocycles. The van der Waals surface area contributed by atoms with Crippen molar-refractivity contribution >= 4 is 5.78 Å². The van der Waals surface area contributed by atoms with Crippen LogP contribution in [-0.2, 0) is 14.3 Å². The molecule has 0 bridgehead atoms. The van der Waals surface area contributed by atoms with Crippen LogP contribution >= 0.6 is 0 Å². The van der Waals surface area contributed by atoms with E-state index in [2.05, 4.69) is 111 Å². The quantitative estimate of drug-likeness (QED) is 0.107. The van der Waals surface area contributed by atoms with E-state index in [9.17, 15) is 4.79 Å². The van der Waals surface area contributed by atoms with Crippen LogP contribution in [0.15, 0.2) is 0 Å². The highest BCUT2D eigenvalue weighted by atomic mass is 16.6. The van der Waals surface area contributed by atoms with Crippen molar-refractivity contribution in [2.75, 3.05) is 0 Å². The van der Waals surface area contributed by atoms with Crippen LogP contribution < -0.4 is 5.73 Å². The summed E-state index contributed by atoms with van der Waals surface area (Å²) >= 11 is 0. The van der Waals surface area contributed by atoms with Crippen molar-refractivity contribution in [3.8, 4) is 0 Å². The van der Waals surface area contributed by atoms with E-state index in [-0.39, 0.29) is 28.4 Å². The van der Waals surface area contributed by atoms with Crippen molar-refractivity contribution in [3.05, 3.63) is 0 Å². The molecule has 2 fully saturated rings. The Hall–Kier alpha value is -0.450. The number of carbonyl (C=O) groups excluding carboxylic acids is 1. The average molecular weight is 732 g/mol. The number of nitrogens with two attached hydrogens (primary N) is 1. The number of ether oxygens (including phenoxy) is 2. The second-order valence-electron chi connectivity index (χ2n) is 21.4. The first kappa shape index (κ1) is 47.7. The third-order valence-corrected chi connectivity index (χ3v) is 16.0. The lowest BCUT2D eigenvalue weighted by Crippen LogP contribution is -2.54. The SMILES string of the molecule is CC(=O)CC[C@@H](C)C[C@@H](C)C[C@@H](C)[C@@H](C)CC(C)[C@@H](C)C[C@@H](C)CCC[C@H](C)[C@H](C)[C@H](C)[C@@H](C)C[C@]1(C)CC[C@](C)([C@]2(C)CC[C@](C)([C@@H](C)N)O2)O1. The lowest BCUT2D eigenvalue weighted by molar-refractivity contribution is -0.221. The van der Waals surface area contributed by atoms with E-state index < -0.39 is 0 Å². The Bertz CT molecular complexity index is 1060. The number of carbonyl (C=O) groups is 1. The molecule has 0 aromatic carbocycles. The first-order valence-electron chi connectivity index (χ1n) is 22.5. The highest BCUT2D eigenvalue weighted by Gasteiger charge is 2.60. The van der Waals surface area contributed by atoms with Crippen molar-refractivity contribution in [1.29, 1.82) is 0 Å². The summed E-state index contributed by atoms with van der Waals surface area (Å²) in [6, 6.07) is 0.0177. The van der Waals surface area contributed by atoms with Gasteiger partial charge in [-0.2, -0.15) is 0 Å². The molecule has 308 valence electrons. The normalized spacial score (nSPS) is 33.7. The maximum Gasteiger partial charge on any atom is 0.129 e. The van der Waals surface area contributed by atoms with Gasteiger partial charge in [-0.3, -0.25) is 0 Å². The van der Waals surface area contributed by atoms with Crippen LogP contribution in [-0.4, -0.2) is 34.2 Å². The third kappa shape index (κ3) is 13.6. The van der Waals surface area contributed by atoms with Crippen LogP contribution in [0.3, 0.4) is 0 Å². The van der Waals surface area contributed by atoms with Crippen LogP contribution in [0.1, 0.15) is 208 Å². The van der Waals surface area contributed by atoms with Crippen LogP contribution in [0.25, 0.3) is 0 Å². The summed E-state index contributed by atoms with van der Waals surface area (Å²) in [5.74, 6) is 8.34. The molecule has 4 heteroatoms. The van der Waals surface area contributed by atoms with Gasteiger partial charge >= 0.3 is 0 Å². The maximum atomic E-state index is 11.4. The first-order chi connectivity index (χ1) is 23.9. The predicted octanol–water partition coefficient (Wildman–Crippen LogP) is 13.5. The molecule has 1 unspecified atom stereocenters. The smallest absolute Gasteiger partial charge is 0.129 e. The van der Waals surface area contributed by atoms with Gasteiger partial charge in [0.25, 0.3) is 0 Å². The van der Waals surface area contributed by atoms with Gasteiger partial charge in [0, 0.05) is 12.5 Å². The zero-order valence-electron chi connectivity index (χ0n) is 38.1. The highest BCUT2D eigenvalue weighted by molar-refractivity contribution is 5.75. The Morgan fingerprint density at radius 2 is 1.04 bits per heavy atom. The van der Waals surface area contributed by atoms with Crippen molar-refractivity contribution < 1.29 is 14.3 Å². The number of Topliss-reactive ketones (excluding diaryl/α,β-unsaturated/α-hetero) is 1. The molecule has 0 aromatic heterocycles. The standard InChI is InChI=1S/C48H93NO3/c1-32(28-36(5)38(7)30-39(8)37(6)29-34(3)27-33(2)21-22-41(10)50)19-18-20-35(4)42(11)43(12)40(9)31-45(14)23-25-47(16,51-45)48(17)26-24-46(15,52-48)44(13)49/h32-40,42-44H,18-31,49H2,1-17H3/t32-,33+,34+,35-,36-,37+,38?,39-,40-,42-,43+,44+,45-,46+,47+,48-/m0/s1. The maximum absolute atomic E-state index is 11.4. The highest BCUT2D eigenvalue weighted by Crippen LogP contribution is 2.54. The average Bonchev–Trinajstić information content (AvgIpc) is 3.55. The van der Waals surface area contributed by atoms with Crippen molar-refractivity contribution in [1.82, 2.24) is 0 Å². The van der Waals surface area contributed by atoms with Crippen molar-refractivity contribution in [2.24, 2.45) is 70.8 Å². The van der Waals surface area contributed by atoms with E-state index in [0.29, 0.717) is 29.5 Å². The number of rotatable bonds is 24. The molecule has 16 atom stereocenters. The third-order valence-electron chi connectivity index (χ3n) is 16.0. The van der Waals surface area contributed by atoms with Gasteiger partial charge in [0.15, 0.2) is 0 Å². The summed E-state index contributed by atoms with van der Waals surface area (Å²) in [6.45, 7) is 40.2. The van der Waals surface area contributed by atoms with E-state index in [4.69, 9.17) is 15.2 Å². The molecular weight excluding hydrogens is 639 g/mol. The van der Waals surface area contributed by atoms with Gasteiger partial charge in [-0.15, -0.1) is 0 Å². The fraction of sp³-hybridized carbons (Fsp3) is 0.979. The van der Waals surface area contributed by atoms with Crippen molar-refractivity contribution in [3.63, 3.8) is 0 Å². The number of hydrogen-bond acceptors (Lipinski definition) is 4. The molecule has 4 nitrogen and oxygen atoms in total. The molecule has 0 spiro atoms. The van der Waals surface area contributed by atoms with E-state index in [1.165, 1.54) is 44.9 Å². The molecule has 2 saturated heterocycles. The summed E-state index contributed by atoms with van der Waals surface area (Å²) < 4.78 is 13.9. The van der Waals surface area contributed by atoms with Gasteiger partial charge in [-0.25, -0.2) is 0 Å². The zero-order chi connectivity index (χ0) is 39.8. The number of ketones is 1. The monoisotopic (exact) mass is 732 g/mol. The Balaban J connectivity index is 1.75. The second-order valence-corrected chi connectivity index (χ2v) is 21.4. The predicted molar refractivity (Wildman–Crippen MR) is 226 cm³/mol. The zero-order valence-corrected chi connectivity index (χ0v) is 38.1. The molecule has 0 amide bonds. The molecule has 0 aliphatic carbocycles. The lowest BCUT2D eigenvalue weighted by Gasteiger charge is -2.45. The lowest BCUT2D eigenvalue weighted by atomic mass is 9.73. The molecule has 2 N–H and O–H groups in total. The minimum absolute atomic E-state index is 0.0177. The minimum Gasteiger partial charge on any atom is -0.366 e. The fourth-order valence-electron chi connectivity index (χ4n) is 10.7. The summed E-state index contributed by atoms with van der Waals surface area (Å²) in [4.78, 5) is 11.4. The minimum atomic E-state index is -0.287. The summed E-state index contributed by atoms with van der Waals surface area (Å²) in [7, 11) is 0. The topological polar surface area (TPSA) is 61.6 Å². The largest absolute Gasteiger partial charge is 0.366 e.